The third-order valence-electron chi connectivity index (χ3n) is 5.91. The molecule has 0 saturated carbocycles. The fourth-order valence-corrected chi connectivity index (χ4v) is 4.02. The molecule has 4 rings (SSSR count). The van der Waals surface area contributed by atoms with Gasteiger partial charge in [0.05, 0.1) is 11.4 Å². The first-order chi connectivity index (χ1) is 15.4. The highest BCUT2D eigenvalue weighted by Gasteiger charge is 2.21. The summed E-state index contributed by atoms with van der Waals surface area (Å²) in [6.45, 7) is 5.27. The summed E-state index contributed by atoms with van der Waals surface area (Å²) in [7, 11) is 1.80. The van der Waals surface area contributed by atoms with E-state index in [2.05, 4.69) is 5.10 Å². The van der Waals surface area contributed by atoms with Crippen LogP contribution in [0.2, 0.25) is 0 Å². The molecule has 0 aliphatic carbocycles. The number of hydrogen-bond acceptors (Lipinski definition) is 3. The van der Waals surface area contributed by atoms with E-state index in [1.165, 1.54) is 0 Å². The third kappa shape index (κ3) is 4.49. The molecule has 1 aromatic heterocycles. The maximum absolute atomic E-state index is 12.7. The number of benzene rings is 2. The smallest absolute Gasteiger partial charge is 0.246 e. The molecule has 0 bridgehead atoms. The Hall–Kier alpha value is -3.67. The molecular weight excluding hydrogens is 400 g/mol. The van der Waals surface area contributed by atoms with Crippen molar-refractivity contribution in [2.24, 2.45) is 0 Å². The topological polar surface area (TPSA) is 58.4 Å². The number of aryl methyl sites for hydroxylation is 1. The minimum Gasteiger partial charge on any atom is -0.338 e. The monoisotopic (exact) mass is 428 g/mol. The molecule has 1 fully saturated rings. The number of hydrogen-bond donors (Lipinski definition) is 0. The van der Waals surface area contributed by atoms with E-state index < -0.39 is 0 Å². The molecule has 2 heterocycles. The molecule has 0 N–H and O–H groups in total. The average Bonchev–Trinajstić information content (AvgIpc) is 3.36. The summed E-state index contributed by atoms with van der Waals surface area (Å²) in [6, 6.07) is 17.7. The second kappa shape index (κ2) is 9.22. The van der Waals surface area contributed by atoms with E-state index in [0.29, 0.717) is 13.0 Å². The lowest BCUT2D eigenvalue weighted by Gasteiger charge is -2.16. The van der Waals surface area contributed by atoms with Crippen LogP contribution < -0.4 is 4.90 Å². The zero-order valence-electron chi connectivity index (χ0n) is 18.8. The largest absolute Gasteiger partial charge is 0.338 e. The minimum atomic E-state index is -0.0740. The quantitative estimate of drug-likeness (QED) is 0.551. The number of carbonyl (C=O) groups is 2. The number of rotatable bonds is 6. The van der Waals surface area contributed by atoms with Gasteiger partial charge < -0.3 is 9.80 Å². The Kier molecular flexibility index (Phi) is 6.21. The van der Waals surface area contributed by atoms with Crippen molar-refractivity contribution in [3.05, 3.63) is 83.2 Å². The molecule has 0 spiro atoms. The maximum Gasteiger partial charge on any atom is 0.246 e. The molecule has 1 aliphatic heterocycles. The van der Waals surface area contributed by atoms with Crippen LogP contribution in [0.15, 0.2) is 60.7 Å². The second-order valence-corrected chi connectivity index (χ2v) is 8.16. The predicted octanol–water partition coefficient (Wildman–Crippen LogP) is 4.29. The fraction of sp³-hybridized carbons (Fsp3) is 0.269. The van der Waals surface area contributed by atoms with Crippen molar-refractivity contribution >= 4 is 23.6 Å². The van der Waals surface area contributed by atoms with E-state index in [0.717, 1.165) is 46.9 Å². The van der Waals surface area contributed by atoms with Gasteiger partial charge in [0, 0.05) is 49.6 Å². The van der Waals surface area contributed by atoms with Crippen molar-refractivity contribution < 1.29 is 9.59 Å². The Morgan fingerprint density at radius 3 is 2.44 bits per heavy atom. The first-order valence-electron chi connectivity index (χ1n) is 10.9. The van der Waals surface area contributed by atoms with Gasteiger partial charge in [-0.15, -0.1) is 0 Å². The van der Waals surface area contributed by atoms with E-state index in [1.807, 2.05) is 84.1 Å². The molecule has 0 radical (unpaired) electrons. The van der Waals surface area contributed by atoms with Gasteiger partial charge in [0.25, 0.3) is 0 Å². The Morgan fingerprint density at radius 2 is 1.78 bits per heavy atom. The zero-order chi connectivity index (χ0) is 22.7. The lowest BCUT2D eigenvalue weighted by molar-refractivity contribution is -0.125. The lowest BCUT2D eigenvalue weighted by Crippen LogP contribution is -2.24. The Morgan fingerprint density at radius 1 is 1.06 bits per heavy atom. The molecule has 6 nitrogen and oxygen atoms in total. The van der Waals surface area contributed by atoms with Gasteiger partial charge in [-0.3, -0.25) is 9.59 Å². The highest BCUT2D eigenvalue weighted by molar-refractivity contribution is 5.95. The number of amides is 2. The third-order valence-corrected chi connectivity index (χ3v) is 5.91. The van der Waals surface area contributed by atoms with Crippen LogP contribution >= 0.6 is 0 Å². The molecule has 32 heavy (non-hydrogen) atoms. The number of anilines is 1. The van der Waals surface area contributed by atoms with Gasteiger partial charge in [0.2, 0.25) is 11.8 Å². The van der Waals surface area contributed by atoms with Crippen LogP contribution in [-0.2, 0) is 16.1 Å². The number of para-hydroxylation sites is 1. The summed E-state index contributed by atoms with van der Waals surface area (Å²) >= 11 is 0. The first kappa shape index (κ1) is 21.6. The molecule has 1 saturated heterocycles. The molecule has 2 aromatic carbocycles. The fourth-order valence-electron chi connectivity index (χ4n) is 4.02. The number of nitrogens with zero attached hydrogens (tertiary/aromatic N) is 4. The molecule has 3 aromatic rings. The van der Waals surface area contributed by atoms with Crippen LogP contribution in [0.1, 0.15) is 35.4 Å². The van der Waals surface area contributed by atoms with Crippen molar-refractivity contribution in [3.8, 4) is 5.69 Å². The molecule has 2 amide bonds. The summed E-state index contributed by atoms with van der Waals surface area (Å²) in [5.41, 5.74) is 5.84. The number of carbonyl (C=O) groups excluding carboxylic acids is 2. The van der Waals surface area contributed by atoms with Crippen LogP contribution in [0, 0.1) is 13.8 Å². The molecule has 6 heteroatoms. The number of aromatic nitrogens is 2. The van der Waals surface area contributed by atoms with Gasteiger partial charge in [-0.2, -0.15) is 5.10 Å². The summed E-state index contributed by atoms with van der Waals surface area (Å²) in [4.78, 5) is 28.1. The SMILES string of the molecule is Cc1nn(-c2ccccc2)c(C)c1CN(C)C(=O)/C=C/c1ccc(N2CCCC2=O)cc1. The van der Waals surface area contributed by atoms with E-state index in [1.54, 1.807) is 18.0 Å². The van der Waals surface area contributed by atoms with Gasteiger partial charge in [0.15, 0.2) is 0 Å². The van der Waals surface area contributed by atoms with Crippen LogP contribution in [-0.4, -0.2) is 40.1 Å². The van der Waals surface area contributed by atoms with Crippen LogP contribution in [0.25, 0.3) is 11.8 Å². The summed E-state index contributed by atoms with van der Waals surface area (Å²) in [6.07, 6.45) is 4.92. The second-order valence-electron chi connectivity index (χ2n) is 8.16. The molecule has 0 unspecified atom stereocenters. The van der Waals surface area contributed by atoms with Crippen molar-refractivity contribution in [3.63, 3.8) is 0 Å². The summed E-state index contributed by atoms with van der Waals surface area (Å²) < 4.78 is 1.92. The molecule has 1 aliphatic rings. The molecular formula is C26H28N4O2. The standard InChI is InChI=1S/C26H28N4O2/c1-19-24(20(2)30(27-19)23-8-5-4-6-9-23)18-28(3)25(31)16-13-21-11-14-22(15-12-21)29-17-7-10-26(29)32/h4-6,8-9,11-16H,7,10,17-18H2,1-3H3/b16-13+. The molecule has 164 valence electrons. The summed E-state index contributed by atoms with van der Waals surface area (Å²) in [5, 5.41) is 4.67. The molecule has 0 atom stereocenters. The Labute approximate surface area is 188 Å². The van der Waals surface area contributed by atoms with Crippen molar-refractivity contribution in [1.82, 2.24) is 14.7 Å². The Bertz CT molecular complexity index is 1150. The zero-order valence-corrected chi connectivity index (χ0v) is 18.8. The lowest BCUT2D eigenvalue weighted by atomic mass is 10.1. The van der Waals surface area contributed by atoms with Gasteiger partial charge in [0.1, 0.15) is 0 Å². The minimum absolute atomic E-state index is 0.0740. The van der Waals surface area contributed by atoms with Gasteiger partial charge in [-0.05, 0) is 56.2 Å². The van der Waals surface area contributed by atoms with Gasteiger partial charge in [-0.1, -0.05) is 30.3 Å². The van der Waals surface area contributed by atoms with E-state index in [9.17, 15) is 9.59 Å². The average molecular weight is 429 g/mol. The highest BCUT2D eigenvalue weighted by atomic mass is 16.2. The van der Waals surface area contributed by atoms with Crippen LogP contribution in [0.3, 0.4) is 0 Å². The number of likely N-dealkylation sites (N-methyl/N-ethyl adjacent to an activating group) is 1. The maximum atomic E-state index is 12.7. The summed E-state index contributed by atoms with van der Waals surface area (Å²) in [5.74, 6) is 0.0985. The van der Waals surface area contributed by atoms with Crippen LogP contribution in [0.4, 0.5) is 5.69 Å². The van der Waals surface area contributed by atoms with E-state index in [-0.39, 0.29) is 11.8 Å². The van der Waals surface area contributed by atoms with E-state index >= 15 is 0 Å². The highest BCUT2D eigenvalue weighted by Crippen LogP contribution is 2.22. The van der Waals surface area contributed by atoms with Crippen molar-refractivity contribution in [2.45, 2.75) is 33.2 Å². The van der Waals surface area contributed by atoms with Crippen LogP contribution in [0.5, 0.6) is 0 Å². The van der Waals surface area contributed by atoms with Crippen molar-refractivity contribution in [2.75, 3.05) is 18.5 Å². The van der Waals surface area contributed by atoms with Crippen molar-refractivity contribution in [1.29, 1.82) is 0 Å². The van der Waals surface area contributed by atoms with E-state index in [4.69, 9.17) is 0 Å². The predicted molar refractivity (Wildman–Crippen MR) is 127 cm³/mol. The van der Waals surface area contributed by atoms with Gasteiger partial charge in [-0.25, -0.2) is 4.68 Å². The van der Waals surface area contributed by atoms with Gasteiger partial charge >= 0.3 is 0 Å². The first-order valence-corrected chi connectivity index (χ1v) is 10.9. The Balaban J connectivity index is 1.42. The normalized spacial score (nSPS) is 13.8.